The lowest BCUT2D eigenvalue weighted by Gasteiger charge is -2.34. The molecule has 3 amide bonds. The Balaban J connectivity index is 1.06. The van der Waals surface area contributed by atoms with E-state index in [9.17, 15) is 9.59 Å². The Labute approximate surface area is 210 Å². The third-order valence-corrected chi connectivity index (χ3v) is 6.56. The first-order chi connectivity index (χ1) is 17.5. The molecule has 3 aromatic rings. The van der Waals surface area contributed by atoms with Gasteiger partial charge in [0.05, 0.1) is 13.2 Å². The largest absolute Gasteiger partial charge is 0.493 e. The van der Waals surface area contributed by atoms with Crippen molar-refractivity contribution in [2.45, 2.75) is 26.3 Å². The van der Waals surface area contributed by atoms with Gasteiger partial charge in [0.25, 0.3) is 0 Å². The predicted molar refractivity (Wildman–Crippen MR) is 136 cm³/mol. The van der Waals surface area contributed by atoms with Crippen molar-refractivity contribution in [2.75, 3.05) is 44.6 Å². The van der Waals surface area contributed by atoms with Gasteiger partial charge in [-0.3, -0.25) is 9.69 Å². The third kappa shape index (κ3) is 5.85. The molecule has 0 aliphatic carbocycles. The minimum atomic E-state index is -0.145. The molecule has 0 saturated carbocycles. The minimum absolute atomic E-state index is 0.0871. The fraction of sp³-hybridized carbons (Fsp3) is 0.370. The van der Waals surface area contributed by atoms with Crippen molar-refractivity contribution in [3.05, 3.63) is 65.4 Å². The van der Waals surface area contributed by atoms with Crippen molar-refractivity contribution in [2.24, 2.45) is 0 Å². The lowest BCUT2D eigenvalue weighted by molar-refractivity contribution is -0.117. The van der Waals surface area contributed by atoms with E-state index in [4.69, 9.17) is 9.26 Å². The van der Waals surface area contributed by atoms with Gasteiger partial charge in [0.2, 0.25) is 5.91 Å². The molecular weight excluding hydrogens is 458 g/mol. The number of rotatable bonds is 6. The Bertz CT molecular complexity index is 1220. The summed E-state index contributed by atoms with van der Waals surface area (Å²) in [7, 11) is 0. The van der Waals surface area contributed by atoms with E-state index in [1.54, 1.807) is 17.9 Å². The van der Waals surface area contributed by atoms with Gasteiger partial charge in [-0.05, 0) is 54.2 Å². The Hall–Kier alpha value is -3.85. The maximum atomic E-state index is 12.7. The Kier molecular flexibility index (Phi) is 7.18. The second-order valence-corrected chi connectivity index (χ2v) is 9.26. The fourth-order valence-corrected chi connectivity index (χ4v) is 4.56. The molecule has 0 spiro atoms. The summed E-state index contributed by atoms with van der Waals surface area (Å²) in [5, 5.41) is 9.51. The highest BCUT2D eigenvalue weighted by Crippen LogP contribution is 2.30. The Morgan fingerprint density at radius 2 is 1.78 bits per heavy atom. The SMILES string of the molecule is Cc1cc(NC(=O)CN2CCN(C(=O)NCc3ccc(-c4ccc5c(c4)CCCO5)cc3)CC2)no1. The van der Waals surface area contributed by atoms with Crippen LogP contribution in [0.1, 0.15) is 23.3 Å². The first-order valence-corrected chi connectivity index (χ1v) is 12.4. The molecule has 188 valence electrons. The zero-order valence-electron chi connectivity index (χ0n) is 20.5. The fourth-order valence-electron chi connectivity index (χ4n) is 4.56. The number of aryl methyl sites for hydroxylation is 2. The number of carbonyl (C=O) groups is 2. The van der Waals surface area contributed by atoms with Gasteiger partial charge in [-0.1, -0.05) is 35.5 Å². The molecule has 9 nitrogen and oxygen atoms in total. The number of piperazine rings is 1. The number of fused-ring (bicyclic) bond motifs is 1. The Morgan fingerprint density at radius 1 is 1.00 bits per heavy atom. The number of amides is 3. The maximum Gasteiger partial charge on any atom is 0.317 e. The molecule has 0 unspecified atom stereocenters. The highest BCUT2D eigenvalue weighted by atomic mass is 16.5. The number of anilines is 1. The second kappa shape index (κ2) is 10.8. The molecule has 2 aliphatic rings. The molecule has 9 heteroatoms. The number of nitrogens with zero attached hydrogens (tertiary/aromatic N) is 3. The van der Waals surface area contributed by atoms with Crippen LogP contribution < -0.4 is 15.4 Å². The molecule has 0 atom stereocenters. The number of urea groups is 1. The summed E-state index contributed by atoms with van der Waals surface area (Å²) in [5.74, 6) is 1.91. The summed E-state index contributed by atoms with van der Waals surface area (Å²) >= 11 is 0. The highest BCUT2D eigenvalue weighted by Gasteiger charge is 2.22. The average molecular weight is 490 g/mol. The molecule has 36 heavy (non-hydrogen) atoms. The lowest BCUT2D eigenvalue weighted by atomic mass is 9.98. The van der Waals surface area contributed by atoms with Crippen molar-refractivity contribution in [1.82, 2.24) is 20.3 Å². The van der Waals surface area contributed by atoms with E-state index in [-0.39, 0.29) is 18.5 Å². The maximum absolute atomic E-state index is 12.7. The standard InChI is InChI=1S/C27H31N5O4/c1-19-15-25(30-36-19)29-26(33)18-31-10-12-32(13-11-31)27(34)28-17-20-4-6-21(7-5-20)22-8-9-24-23(16-22)3-2-14-35-24/h4-9,15-16H,2-3,10-14,17-18H2,1H3,(H,28,34)(H,29,30,33). The smallest absolute Gasteiger partial charge is 0.317 e. The number of ether oxygens (including phenoxy) is 1. The van der Waals surface area contributed by atoms with Crippen LogP contribution in [0.3, 0.4) is 0 Å². The number of benzene rings is 2. The number of hydrogen-bond acceptors (Lipinski definition) is 6. The first kappa shape index (κ1) is 23.9. The van der Waals surface area contributed by atoms with Crippen molar-refractivity contribution in [1.29, 1.82) is 0 Å². The van der Waals surface area contributed by atoms with Crippen LogP contribution >= 0.6 is 0 Å². The first-order valence-electron chi connectivity index (χ1n) is 12.4. The van der Waals surface area contributed by atoms with E-state index in [0.717, 1.165) is 36.3 Å². The molecule has 5 rings (SSSR count). The van der Waals surface area contributed by atoms with Crippen molar-refractivity contribution < 1.29 is 18.8 Å². The monoisotopic (exact) mass is 489 g/mol. The lowest BCUT2D eigenvalue weighted by Crippen LogP contribution is -2.52. The average Bonchev–Trinajstić information content (AvgIpc) is 3.31. The molecule has 0 radical (unpaired) electrons. The van der Waals surface area contributed by atoms with Gasteiger partial charge in [0.15, 0.2) is 5.82 Å². The highest BCUT2D eigenvalue weighted by molar-refractivity contribution is 5.91. The quantitative estimate of drug-likeness (QED) is 0.550. The topological polar surface area (TPSA) is 99.9 Å². The summed E-state index contributed by atoms with van der Waals surface area (Å²) in [6.07, 6.45) is 2.11. The third-order valence-electron chi connectivity index (χ3n) is 6.56. The summed E-state index contributed by atoms with van der Waals surface area (Å²) in [6, 6.07) is 16.3. The second-order valence-electron chi connectivity index (χ2n) is 9.26. The van der Waals surface area contributed by atoms with Crippen LogP contribution in [-0.2, 0) is 17.8 Å². The normalized spacial score (nSPS) is 15.6. The zero-order valence-corrected chi connectivity index (χ0v) is 20.5. The van der Waals surface area contributed by atoms with E-state index in [2.05, 4.69) is 58.3 Å². The summed E-state index contributed by atoms with van der Waals surface area (Å²) in [6.45, 7) is 5.71. The van der Waals surface area contributed by atoms with Gasteiger partial charge in [-0.25, -0.2) is 4.79 Å². The van der Waals surface area contributed by atoms with Crippen LogP contribution in [0, 0.1) is 6.92 Å². The van der Waals surface area contributed by atoms with Gasteiger partial charge in [-0.2, -0.15) is 0 Å². The molecule has 3 heterocycles. The van der Waals surface area contributed by atoms with E-state index in [1.807, 2.05) is 4.90 Å². The van der Waals surface area contributed by atoms with E-state index in [1.165, 1.54) is 11.1 Å². The number of hydrogen-bond donors (Lipinski definition) is 2. The molecule has 1 fully saturated rings. The van der Waals surface area contributed by atoms with E-state index in [0.29, 0.717) is 44.3 Å². The molecule has 2 aromatic carbocycles. The summed E-state index contributed by atoms with van der Waals surface area (Å²) < 4.78 is 10.7. The van der Waals surface area contributed by atoms with Crippen molar-refractivity contribution in [3.63, 3.8) is 0 Å². The molecule has 2 aliphatic heterocycles. The van der Waals surface area contributed by atoms with Crippen LogP contribution in [0.2, 0.25) is 0 Å². The van der Waals surface area contributed by atoms with Crippen LogP contribution in [0.5, 0.6) is 5.75 Å². The van der Waals surface area contributed by atoms with Gasteiger partial charge >= 0.3 is 6.03 Å². The number of nitrogens with one attached hydrogen (secondary N) is 2. The number of aromatic nitrogens is 1. The van der Waals surface area contributed by atoms with Crippen molar-refractivity contribution in [3.8, 4) is 16.9 Å². The minimum Gasteiger partial charge on any atom is -0.493 e. The van der Waals surface area contributed by atoms with E-state index >= 15 is 0 Å². The van der Waals surface area contributed by atoms with Gasteiger partial charge in [0, 0.05) is 38.8 Å². The van der Waals surface area contributed by atoms with Gasteiger partial charge in [-0.15, -0.1) is 0 Å². The van der Waals surface area contributed by atoms with Gasteiger partial charge < -0.3 is 24.8 Å². The van der Waals surface area contributed by atoms with E-state index < -0.39 is 0 Å². The Morgan fingerprint density at radius 3 is 2.53 bits per heavy atom. The van der Waals surface area contributed by atoms with Crippen molar-refractivity contribution >= 4 is 17.8 Å². The molecule has 1 saturated heterocycles. The molecular formula is C27H31N5O4. The van der Waals surface area contributed by atoms with Gasteiger partial charge in [0.1, 0.15) is 11.5 Å². The summed E-state index contributed by atoms with van der Waals surface area (Å²) in [4.78, 5) is 28.7. The summed E-state index contributed by atoms with van der Waals surface area (Å²) in [5.41, 5.74) is 4.64. The van der Waals surface area contributed by atoms with Crippen LogP contribution in [-0.4, -0.2) is 66.2 Å². The van der Waals surface area contributed by atoms with Crippen LogP contribution in [0.15, 0.2) is 53.1 Å². The zero-order chi connectivity index (χ0) is 24.9. The number of carbonyl (C=O) groups excluding carboxylic acids is 2. The molecule has 2 N–H and O–H groups in total. The van der Waals surface area contributed by atoms with Crippen LogP contribution in [0.4, 0.5) is 10.6 Å². The molecule has 0 bridgehead atoms. The predicted octanol–water partition coefficient (Wildman–Crippen LogP) is 3.44. The molecule has 1 aromatic heterocycles. The van der Waals surface area contributed by atoms with Crippen LogP contribution in [0.25, 0.3) is 11.1 Å².